The minimum atomic E-state index is -0.578. The van der Waals surface area contributed by atoms with Crippen molar-refractivity contribution in [1.29, 1.82) is 0 Å². The van der Waals surface area contributed by atoms with Crippen LogP contribution >= 0.6 is 23.1 Å². The Morgan fingerprint density at radius 3 is 2.54 bits per heavy atom. The highest BCUT2D eigenvalue weighted by atomic mass is 32.1. The molecule has 4 aromatic rings. The molecular weight excluding hydrogens is 399 g/mol. The van der Waals surface area contributed by atoms with Crippen molar-refractivity contribution in [2.75, 3.05) is 7.11 Å². The van der Waals surface area contributed by atoms with Crippen LogP contribution in [0.15, 0.2) is 42.5 Å². The first-order valence-corrected chi connectivity index (χ1v) is 9.78. The highest BCUT2D eigenvalue weighted by Gasteiger charge is 2.23. The third-order valence-corrected chi connectivity index (χ3v) is 5.99. The fourth-order valence-corrected chi connectivity index (χ4v) is 4.49. The SMILES string of the molecule is COc1cc(-c2ccc3nsnc3c2)sc1C(=O)c1cc(F)ccc1C(C)=O. The van der Waals surface area contributed by atoms with Crippen molar-refractivity contribution in [2.45, 2.75) is 6.92 Å². The van der Waals surface area contributed by atoms with Crippen LogP contribution in [0.2, 0.25) is 0 Å². The number of Topliss-reactive ketones (excluding diaryl/α,β-unsaturated/α-hetero) is 1. The van der Waals surface area contributed by atoms with Gasteiger partial charge in [0.1, 0.15) is 27.5 Å². The Labute approximate surface area is 167 Å². The summed E-state index contributed by atoms with van der Waals surface area (Å²) in [5, 5.41) is 0. The van der Waals surface area contributed by atoms with Gasteiger partial charge >= 0.3 is 0 Å². The third-order valence-electron chi connectivity index (χ3n) is 4.27. The first kappa shape index (κ1) is 18.4. The normalized spacial score (nSPS) is 11.0. The highest BCUT2D eigenvalue weighted by Crippen LogP contribution is 2.38. The van der Waals surface area contributed by atoms with Crippen LogP contribution in [0.4, 0.5) is 4.39 Å². The average Bonchev–Trinajstić information content (AvgIpc) is 3.33. The van der Waals surface area contributed by atoms with E-state index in [1.165, 1.54) is 37.5 Å². The van der Waals surface area contributed by atoms with Crippen molar-refractivity contribution in [3.63, 3.8) is 0 Å². The number of rotatable bonds is 5. The van der Waals surface area contributed by atoms with Gasteiger partial charge in [0.15, 0.2) is 5.78 Å². The number of fused-ring (bicyclic) bond motifs is 1. The summed E-state index contributed by atoms with van der Waals surface area (Å²) in [6.45, 7) is 1.35. The Bertz CT molecular complexity index is 1230. The zero-order chi connectivity index (χ0) is 19.8. The Morgan fingerprint density at radius 2 is 1.79 bits per heavy atom. The Kier molecular flexibility index (Phi) is 4.74. The van der Waals surface area contributed by atoms with E-state index in [0.717, 1.165) is 39.3 Å². The Hall–Kier alpha value is -2.97. The molecule has 0 saturated heterocycles. The van der Waals surface area contributed by atoms with Gasteiger partial charge in [-0.15, -0.1) is 11.3 Å². The number of carbonyl (C=O) groups is 2. The Balaban J connectivity index is 1.81. The van der Waals surface area contributed by atoms with Crippen molar-refractivity contribution >= 4 is 45.7 Å². The van der Waals surface area contributed by atoms with Gasteiger partial charge in [0.05, 0.1) is 18.8 Å². The summed E-state index contributed by atoms with van der Waals surface area (Å²) in [7, 11) is 1.47. The van der Waals surface area contributed by atoms with Gasteiger partial charge in [-0.25, -0.2) is 4.39 Å². The number of carbonyl (C=O) groups excluding carboxylic acids is 2. The van der Waals surface area contributed by atoms with Crippen molar-refractivity contribution in [1.82, 2.24) is 8.75 Å². The van der Waals surface area contributed by atoms with Gasteiger partial charge in [-0.1, -0.05) is 6.07 Å². The van der Waals surface area contributed by atoms with Gasteiger partial charge in [-0.2, -0.15) is 8.75 Å². The maximum absolute atomic E-state index is 13.8. The highest BCUT2D eigenvalue weighted by molar-refractivity contribution is 7.18. The van der Waals surface area contributed by atoms with E-state index >= 15 is 0 Å². The fraction of sp³-hybridized carbons (Fsp3) is 0.100. The van der Waals surface area contributed by atoms with Crippen LogP contribution in [-0.4, -0.2) is 27.4 Å². The number of aromatic nitrogens is 2. The number of halogens is 1. The molecule has 0 bridgehead atoms. The summed E-state index contributed by atoms with van der Waals surface area (Å²) in [6.07, 6.45) is 0. The maximum Gasteiger partial charge on any atom is 0.207 e. The van der Waals surface area contributed by atoms with Gasteiger partial charge < -0.3 is 4.74 Å². The van der Waals surface area contributed by atoms with E-state index in [0.29, 0.717) is 10.6 Å². The summed E-state index contributed by atoms with van der Waals surface area (Å²) in [5.41, 5.74) is 2.65. The molecule has 28 heavy (non-hydrogen) atoms. The minimum absolute atomic E-state index is 0.0263. The van der Waals surface area contributed by atoms with Crippen LogP contribution in [0, 0.1) is 5.82 Å². The van der Waals surface area contributed by atoms with Crippen molar-refractivity contribution in [3.05, 3.63) is 64.3 Å². The summed E-state index contributed by atoms with van der Waals surface area (Å²) in [5.74, 6) is -0.958. The fourth-order valence-electron chi connectivity index (χ4n) is 2.90. The number of ketones is 2. The molecule has 0 spiro atoms. The van der Waals surface area contributed by atoms with Gasteiger partial charge in [-0.3, -0.25) is 9.59 Å². The monoisotopic (exact) mass is 412 g/mol. The molecule has 4 rings (SSSR count). The summed E-state index contributed by atoms with van der Waals surface area (Å²) in [4.78, 5) is 26.1. The van der Waals surface area contributed by atoms with Crippen LogP contribution in [-0.2, 0) is 0 Å². The maximum atomic E-state index is 13.8. The number of benzene rings is 2. The first-order chi connectivity index (χ1) is 13.5. The molecule has 0 N–H and O–H groups in total. The molecule has 140 valence electrons. The van der Waals surface area contributed by atoms with Crippen LogP contribution < -0.4 is 4.74 Å². The van der Waals surface area contributed by atoms with E-state index in [1.54, 1.807) is 6.07 Å². The first-order valence-electron chi connectivity index (χ1n) is 8.23. The second-order valence-electron chi connectivity index (χ2n) is 6.05. The van der Waals surface area contributed by atoms with Gasteiger partial charge in [0, 0.05) is 16.0 Å². The van der Waals surface area contributed by atoms with Crippen LogP contribution in [0.3, 0.4) is 0 Å². The molecule has 0 fully saturated rings. The molecule has 2 heterocycles. The van der Waals surface area contributed by atoms with Gasteiger partial charge in [0.2, 0.25) is 5.78 Å². The molecule has 0 saturated carbocycles. The Morgan fingerprint density at radius 1 is 1.00 bits per heavy atom. The standard InChI is InChI=1S/C20H13FN2O3S2/c1-10(24)13-5-4-12(21)8-14(13)19(25)20-17(26-2)9-18(27-20)11-3-6-15-16(7-11)23-28-22-15/h3-9H,1-2H3. The second-order valence-corrected chi connectivity index (χ2v) is 7.63. The number of nitrogens with zero attached hydrogens (tertiary/aromatic N) is 2. The molecule has 2 aromatic carbocycles. The lowest BCUT2D eigenvalue weighted by molar-refractivity contribution is 0.0990. The van der Waals surface area contributed by atoms with E-state index in [1.807, 2.05) is 18.2 Å². The quantitative estimate of drug-likeness (QED) is 0.432. The topological polar surface area (TPSA) is 69.2 Å². The van der Waals surface area contributed by atoms with Crippen LogP contribution in [0.1, 0.15) is 32.5 Å². The number of methoxy groups -OCH3 is 1. The number of thiophene rings is 1. The summed E-state index contributed by atoms with van der Waals surface area (Å²) >= 11 is 2.36. The summed E-state index contributed by atoms with van der Waals surface area (Å²) in [6, 6.07) is 11.0. The molecule has 5 nitrogen and oxygen atoms in total. The minimum Gasteiger partial charge on any atom is -0.495 e. The zero-order valence-corrected chi connectivity index (χ0v) is 16.5. The molecule has 0 unspecified atom stereocenters. The van der Waals surface area contributed by atoms with E-state index in [-0.39, 0.29) is 16.9 Å². The molecule has 0 atom stereocenters. The molecule has 2 aromatic heterocycles. The number of hydrogen-bond acceptors (Lipinski definition) is 7. The average molecular weight is 412 g/mol. The second kappa shape index (κ2) is 7.21. The number of hydrogen-bond donors (Lipinski definition) is 0. The lowest BCUT2D eigenvalue weighted by Crippen LogP contribution is -2.08. The molecule has 8 heteroatoms. The molecule has 0 aliphatic rings. The van der Waals surface area contributed by atoms with Crippen molar-refractivity contribution in [2.24, 2.45) is 0 Å². The molecular formula is C20H13FN2O3S2. The third kappa shape index (κ3) is 3.21. The lowest BCUT2D eigenvalue weighted by Gasteiger charge is -2.06. The summed E-state index contributed by atoms with van der Waals surface area (Å²) < 4.78 is 27.5. The molecule has 0 aliphatic carbocycles. The van der Waals surface area contributed by atoms with Crippen LogP contribution in [0.25, 0.3) is 21.5 Å². The predicted octanol–water partition coefficient (Wildman–Crippen LogP) is 5.00. The number of ether oxygens (including phenoxy) is 1. The van der Waals surface area contributed by atoms with Crippen molar-refractivity contribution in [3.8, 4) is 16.2 Å². The van der Waals surface area contributed by atoms with Crippen LogP contribution in [0.5, 0.6) is 5.75 Å². The zero-order valence-electron chi connectivity index (χ0n) is 14.9. The predicted molar refractivity (Wildman–Crippen MR) is 107 cm³/mol. The molecule has 0 radical (unpaired) electrons. The molecule has 0 aliphatic heterocycles. The molecule has 0 amide bonds. The smallest absolute Gasteiger partial charge is 0.207 e. The van der Waals surface area contributed by atoms with Crippen molar-refractivity contribution < 1.29 is 18.7 Å². The largest absolute Gasteiger partial charge is 0.495 e. The van der Waals surface area contributed by atoms with E-state index in [2.05, 4.69) is 8.75 Å². The van der Waals surface area contributed by atoms with E-state index < -0.39 is 11.6 Å². The van der Waals surface area contributed by atoms with E-state index in [9.17, 15) is 14.0 Å². The van der Waals surface area contributed by atoms with E-state index in [4.69, 9.17) is 4.74 Å². The van der Waals surface area contributed by atoms with Gasteiger partial charge in [0.25, 0.3) is 0 Å². The van der Waals surface area contributed by atoms with Gasteiger partial charge in [-0.05, 0) is 48.9 Å². The lowest BCUT2D eigenvalue weighted by atomic mass is 9.99.